The Kier molecular flexibility index (Phi) is 5.37. The fraction of sp³-hybridized carbons (Fsp3) is 0.267. The van der Waals surface area contributed by atoms with Gasteiger partial charge in [0.15, 0.2) is 0 Å². The van der Waals surface area contributed by atoms with Gasteiger partial charge in [-0.25, -0.2) is 0 Å². The molecule has 0 fully saturated rings. The summed E-state index contributed by atoms with van der Waals surface area (Å²) in [5.41, 5.74) is 2.40. The molecule has 2 nitrogen and oxygen atoms in total. The SMILES string of the molecule is CCNC(Cc1cccc(Cl)c1)c1cncc(Br)c1. The van der Waals surface area contributed by atoms with Crippen molar-refractivity contribution < 1.29 is 0 Å². The molecule has 2 rings (SSSR count). The van der Waals surface area contributed by atoms with Gasteiger partial charge in [-0.15, -0.1) is 0 Å². The zero-order valence-corrected chi connectivity index (χ0v) is 13.1. The van der Waals surface area contributed by atoms with Gasteiger partial charge in [0.2, 0.25) is 0 Å². The summed E-state index contributed by atoms with van der Waals surface area (Å²) in [4.78, 5) is 4.23. The first-order valence-electron chi connectivity index (χ1n) is 6.27. The van der Waals surface area contributed by atoms with E-state index in [1.165, 1.54) is 11.1 Å². The number of halogens is 2. The molecule has 0 bridgehead atoms. The molecule has 0 saturated carbocycles. The van der Waals surface area contributed by atoms with Crippen LogP contribution in [-0.4, -0.2) is 11.5 Å². The number of hydrogen-bond donors (Lipinski definition) is 1. The molecule has 1 unspecified atom stereocenters. The average molecular weight is 340 g/mol. The van der Waals surface area contributed by atoms with Crippen molar-refractivity contribution in [2.24, 2.45) is 0 Å². The van der Waals surface area contributed by atoms with E-state index in [-0.39, 0.29) is 6.04 Å². The van der Waals surface area contributed by atoms with E-state index in [9.17, 15) is 0 Å². The fourth-order valence-corrected chi connectivity index (χ4v) is 2.67. The van der Waals surface area contributed by atoms with E-state index in [2.05, 4.69) is 45.3 Å². The van der Waals surface area contributed by atoms with Crippen molar-refractivity contribution in [2.45, 2.75) is 19.4 Å². The third-order valence-electron chi connectivity index (χ3n) is 2.91. The zero-order valence-electron chi connectivity index (χ0n) is 10.7. The highest BCUT2D eigenvalue weighted by Crippen LogP contribution is 2.22. The predicted octanol–water partition coefficient (Wildman–Crippen LogP) is 4.39. The summed E-state index contributed by atoms with van der Waals surface area (Å²) in [6.07, 6.45) is 4.60. The first kappa shape index (κ1) is 14.5. The second kappa shape index (κ2) is 7.04. The van der Waals surface area contributed by atoms with Crippen LogP contribution in [0, 0.1) is 0 Å². The van der Waals surface area contributed by atoms with Crippen molar-refractivity contribution in [3.05, 3.63) is 63.3 Å². The Hall–Kier alpha value is -0.900. The topological polar surface area (TPSA) is 24.9 Å². The molecule has 0 saturated heterocycles. The third kappa shape index (κ3) is 4.30. The van der Waals surface area contributed by atoms with Crippen LogP contribution in [0.3, 0.4) is 0 Å². The van der Waals surface area contributed by atoms with Crippen molar-refractivity contribution in [1.82, 2.24) is 10.3 Å². The van der Waals surface area contributed by atoms with E-state index in [1.54, 1.807) is 6.20 Å². The van der Waals surface area contributed by atoms with Gasteiger partial charge in [-0.3, -0.25) is 4.98 Å². The Morgan fingerprint density at radius 2 is 2.16 bits per heavy atom. The fourth-order valence-electron chi connectivity index (χ4n) is 2.07. The van der Waals surface area contributed by atoms with Crippen LogP contribution in [0.25, 0.3) is 0 Å². The standard InChI is InChI=1S/C15H16BrClN2/c1-2-19-15(12-8-13(16)10-18-9-12)7-11-4-3-5-14(17)6-11/h3-6,8-10,15,19H,2,7H2,1H3. The van der Waals surface area contributed by atoms with Crippen molar-refractivity contribution in [3.8, 4) is 0 Å². The number of nitrogens with one attached hydrogen (secondary N) is 1. The second-order valence-corrected chi connectivity index (χ2v) is 5.73. The molecule has 0 spiro atoms. The maximum Gasteiger partial charge on any atom is 0.0410 e. The minimum absolute atomic E-state index is 0.244. The number of likely N-dealkylation sites (N-methyl/N-ethyl adjacent to an activating group) is 1. The molecular formula is C15H16BrClN2. The lowest BCUT2D eigenvalue weighted by Gasteiger charge is -2.18. The van der Waals surface area contributed by atoms with Crippen LogP contribution in [0.4, 0.5) is 0 Å². The molecule has 1 N–H and O–H groups in total. The van der Waals surface area contributed by atoms with E-state index in [4.69, 9.17) is 11.6 Å². The molecule has 19 heavy (non-hydrogen) atoms. The molecule has 0 aliphatic rings. The molecule has 0 radical (unpaired) electrons. The van der Waals surface area contributed by atoms with Gasteiger partial charge >= 0.3 is 0 Å². The highest BCUT2D eigenvalue weighted by Gasteiger charge is 2.12. The minimum atomic E-state index is 0.244. The number of rotatable bonds is 5. The molecule has 1 aromatic carbocycles. The van der Waals surface area contributed by atoms with Crippen LogP contribution in [0.1, 0.15) is 24.1 Å². The Morgan fingerprint density at radius 3 is 2.84 bits per heavy atom. The Bertz CT molecular complexity index is 545. The van der Waals surface area contributed by atoms with E-state index in [0.717, 1.165) is 22.5 Å². The quantitative estimate of drug-likeness (QED) is 0.874. The Labute approximate surface area is 127 Å². The van der Waals surface area contributed by atoms with E-state index < -0.39 is 0 Å². The molecule has 0 aliphatic carbocycles. The molecule has 2 aromatic rings. The van der Waals surface area contributed by atoms with Crippen LogP contribution in [0.15, 0.2) is 47.2 Å². The Balaban J connectivity index is 2.21. The summed E-state index contributed by atoms with van der Waals surface area (Å²) in [6.45, 7) is 3.02. The van der Waals surface area contributed by atoms with Crippen LogP contribution < -0.4 is 5.32 Å². The zero-order chi connectivity index (χ0) is 13.7. The summed E-state index contributed by atoms with van der Waals surface area (Å²) in [6, 6.07) is 10.3. The van der Waals surface area contributed by atoms with Crippen molar-refractivity contribution in [2.75, 3.05) is 6.54 Å². The highest BCUT2D eigenvalue weighted by molar-refractivity contribution is 9.10. The van der Waals surface area contributed by atoms with Crippen LogP contribution in [0.5, 0.6) is 0 Å². The van der Waals surface area contributed by atoms with Crippen LogP contribution in [0.2, 0.25) is 5.02 Å². The minimum Gasteiger partial charge on any atom is -0.310 e. The summed E-state index contributed by atoms with van der Waals surface area (Å²) >= 11 is 9.50. The molecular weight excluding hydrogens is 324 g/mol. The molecule has 1 aromatic heterocycles. The van der Waals surface area contributed by atoms with Gasteiger partial charge in [0.05, 0.1) is 0 Å². The first-order chi connectivity index (χ1) is 9.19. The van der Waals surface area contributed by atoms with E-state index >= 15 is 0 Å². The number of hydrogen-bond acceptors (Lipinski definition) is 2. The smallest absolute Gasteiger partial charge is 0.0410 e. The van der Waals surface area contributed by atoms with Crippen molar-refractivity contribution in [1.29, 1.82) is 0 Å². The van der Waals surface area contributed by atoms with Gasteiger partial charge in [0.1, 0.15) is 0 Å². The molecule has 1 atom stereocenters. The average Bonchev–Trinajstić information content (AvgIpc) is 2.38. The summed E-state index contributed by atoms with van der Waals surface area (Å²) in [7, 11) is 0. The number of benzene rings is 1. The third-order valence-corrected chi connectivity index (χ3v) is 3.58. The summed E-state index contributed by atoms with van der Waals surface area (Å²) in [5, 5.41) is 4.27. The maximum absolute atomic E-state index is 6.04. The molecule has 0 aliphatic heterocycles. The molecule has 4 heteroatoms. The normalized spacial score (nSPS) is 12.4. The number of pyridine rings is 1. The Morgan fingerprint density at radius 1 is 1.32 bits per heavy atom. The lowest BCUT2D eigenvalue weighted by Crippen LogP contribution is -2.23. The second-order valence-electron chi connectivity index (χ2n) is 4.38. The molecule has 1 heterocycles. The van der Waals surface area contributed by atoms with E-state index in [0.29, 0.717) is 0 Å². The maximum atomic E-state index is 6.04. The van der Waals surface area contributed by atoms with Crippen molar-refractivity contribution >= 4 is 27.5 Å². The van der Waals surface area contributed by atoms with Gasteiger partial charge < -0.3 is 5.32 Å². The highest BCUT2D eigenvalue weighted by atomic mass is 79.9. The lowest BCUT2D eigenvalue weighted by atomic mass is 10.0. The van der Waals surface area contributed by atoms with Gasteiger partial charge in [-0.2, -0.15) is 0 Å². The van der Waals surface area contributed by atoms with Gasteiger partial charge in [0.25, 0.3) is 0 Å². The van der Waals surface area contributed by atoms with Gasteiger partial charge in [0, 0.05) is 27.9 Å². The van der Waals surface area contributed by atoms with Gasteiger partial charge in [-0.05, 0) is 58.2 Å². The lowest BCUT2D eigenvalue weighted by molar-refractivity contribution is 0.548. The summed E-state index contributed by atoms with van der Waals surface area (Å²) < 4.78 is 0.999. The number of nitrogens with zero attached hydrogens (tertiary/aromatic N) is 1. The molecule has 100 valence electrons. The van der Waals surface area contributed by atoms with Crippen LogP contribution in [-0.2, 0) is 6.42 Å². The van der Waals surface area contributed by atoms with E-state index in [1.807, 2.05) is 24.4 Å². The molecule has 0 amide bonds. The van der Waals surface area contributed by atoms with Crippen molar-refractivity contribution in [3.63, 3.8) is 0 Å². The van der Waals surface area contributed by atoms with Crippen LogP contribution >= 0.6 is 27.5 Å². The summed E-state index contributed by atoms with van der Waals surface area (Å²) in [5.74, 6) is 0. The monoisotopic (exact) mass is 338 g/mol. The predicted molar refractivity (Wildman–Crippen MR) is 83.5 cm³/mol. The number of aromatic nitrogens is 1. The largest absolute Gasteiger partial charge is 0.310 e. The first-order valence-corrected chi connectivity index (χ1v) is 7.44. The van der Waals surface area contributed by atoms with Gasteiger partial charge in [-0.1, -0.05) is 30.7 Å².